The van der Waals surface area contributed by atoms with Gasteiger partial charge in [-0.05, 0) is 23.8 Å². The summed E-state index contributed by atoms with van der Waals surface area (Å²) in [7, 11) is 1.43. The average Bonchev–Trinajstić information content (AvgIpc) is 3.18. The van der Waals surface area contributed by atoms with E-state index in [4.69, 9.17) is 5.73 Å². The van der Waals surface area contributed by atoms with Gasteiger partial charge in [-0.2, -0.15) is 0 Å². The fourth-order valence-electron chi connectivity index (χ4n) is 3.15. The number of para-hydroxylation sites is 1. The summed E-state index contributed by atoms with van der Waals surface area (Å²) in [4.78, 5) is 45.3. The monoisotopic (exact) mass is 433 g/mol. The zero-order valence-corrected chi connectivity index (χ0v) is 17.4. The van der Waals surface area contributed by atoms with E-state index in [1.54, 1.807) is 6.08 Å². The van der Waals surface area contributed by atoms with E-state index in [1.165, 1.54) is 29.0 Å². The number of H-pyrrole nitrogens is 1. The number of carbonyl (C=O) groups is 1. The number of fused-ring (bicyclic) bond motifs is 1. The van der Waals surface area contributed by atoms with Crippen molar-refractivity contribution in [3.05, 3.63) is 92.1 Å². The summed E-state index contributed by atoms with van der Waals surface area (Å²) >= 11 is 1.45. The minimum atomic E-state index is -0.726. The number of nitrogens with zero attached hydrogens (tertiary/aromatic N) is 3. The molecule has 31 heavy (non-hydrogen) atoms. The van der Waals surface area contributed by atoms with Crippen LogP contribution in [0, 0.1) is 0 Å². The van der Waals surface area contributed by atoms with Crippen molar-refractivity contribution < 1.29 is 4.79 Å². The molecule has 0 fully saturated rings. The molecule has 0 atom stereocenters. The number of benzene rings is 2. The van der Waals surface area contributed by atoms with E-state index < -0.39 is 17.2 Å². The number of thiazole rings is 1. The number of nitrogens with one attached hydrogen (secondary N) is 1. The molecule has 1 amide bonds. The summed E-state index contributed by atoms with van der Waals surface area (Å²) in [6, 6.07) is 16.9. The highest BCUT2D eigenvalue weighted by Gasteiger charge is 2.19. The molecular weight excluding hydrogens is 414 g/mol. The summed E-state index contributed by atoms with van der Waals surface area (Å²) in [5, 5.41) is 0.666. The maximum absolute atomic E-state index is 12.7. The summed E-state index contributed by atoms with van der Waals surface area (Å²) < 4.78 is 2.24. The van der Waals surface area contributed by atoms with Crippen molar-refractivity contribution in [2.45, 2.75) is 6.54 Å². The van der Waals surface area contributed by atoms with Gasteiger partial charge in [-0.25, -0.2) is 9.78 Å². The summed E-state index contributed by atoms with van der Waals surface area (Å²) in [5.74, 6) is -0.553. The standard InChI is InChI=1S/C22H19N5O3S/c1-26(18(28)12-11-17-24-15-9-5-6-10-16(15)31-17)19-20(23)27(22(30)25-21(19)29)13-14-7-3-2-4-8-14/h2-12H,13,23H2,1H3,(H,25,29,30). The normalized spacial score (nSPS) is 11.3. The molecule has 0 saturated heterocycles. The van der Waals surface area contributed by atoms with Crippen molar-refractivity contribution >= 4 is 45.0 Å². The van der Waals surface area contributed by atoms with Crippen molar-refractivity contribution in [1.82, 2.24) is 14.5 Å². The second-order valence-corrected chi connectivity index (χ2v) is 7.88. The Morgan fingerprint density at radius 1 is 1.16 bits per heavy atom. The number of hydrogen-bond acceptors (Lipinski definition) is 6. The smallest absolute Gasteiger partial charge is 0.330 e. The average molecular weight is 433 g/mol. The number of carbonyl (C=O) groups excluding carboxylic acids is 1. The van der Waals surface area contributed by atoms with E-state index in [0.29, 0.717) is 5.01 Å². The molecule has 0 radical (unpaired) electrons. The highest BCUT2D eigenvalue weighted by Crippen LogP contribution is 2.23. The van der Waals surface area contributed by atoms with Crippen LogP contribution in [0.4, 0.5) is 11.5 Å². The lowest BCUT2D eigenvalue weighted by Crippen LogP contribution is -2.39. The highest BCUT2D eigenvalue weighted by atomic mass is 32.1. The molecule has 0 aliphatic carbocycles. The van der Waals surface area contributed by atoms with Crippen LogP contribution in [0.1, 0.15) is 10.6 Å². The minimum Gasteiger partial charge on any atom is -0.383 e. The number of aromatic amines is 1. The van der Waals surface area contributed by atoms with Crippen LogP contribution in [0.2, 0.25) is 0 Å². The molecule has 3 N–H and O–H groups in total. The van der Waals surface area contributed by atoms with E-state index in [0.717, 1.165) is 20.7 Å². The zero-order chi connectivity index (χ0) is 22.0. The van der Waals surface area contributed by atoms with Crippen LogP contribution in [0.5, 0.6) is 0 Å². The molecule has 8 nitrogen and oxygen atoms in total. The Labute approximate surface area is 180 Å². The Balaban J connectivity index is 1.63. The van der Waals surface area contributed by atoms with E-state index in [9.17, 15) is 14.4 Å². The lowest BCUT2D eigenvalue weighted by molar-refractivity contribution is -0.113. The van der Waals surface area contributed by atoms with Gasteiger partial charge in [0.15, 0.2) is 5.69 Å². The zero-order valence-electron chi connectivity index (χ0n) is 16.6. The molecule has 0 bridgehead atoms. The van der Waals surface area contributed by atoms with Crippen LogP contribution in [0.3, 0.4) is 0 Å². The van der Waals surface area contributed by atoms with Gasteiger partial charge in [0, 0.05) is 13.1 Å². The second-order valence-electron chi connectivity index (χ2n) is 6.82. The quantitative estimate of drug-likeness (QED) is 0.469. The number of nitrogen functional groups attached to an aromatic ring is 1. The number of nitrogens with two attached hydrogens (primary N) is 1. The van der Waals surface area contributed by atoms with Gasteiger partial charge in [-0.3, -0.25) is 19.1 Å². The van der Waals surface area contributed by atoms with Crippen molar-refractivity contribution in [2.24, 2.45) is 0 Å². The SMILES string of the molecule is CN(C(=O)C=Cc1nc2ccccc2s1)c1c(N)n(Cc2ccccc2)c(=O)[nH]c1=O. The number of anilines is 2. The molecule has 2 heterocycles. The fourth-order valence-corrected chi connectivity index (χ4v) is 4.02. The highest BCUT2D eigenvalue weighted by molar-refractivity contribution is 7.19. The summed E-state index contributed by atoms with van der Waals surface area (Å²) in [6.07, 6.45) is 2.91. The van der Waals surface area contributed by atoms with Crippen LogP contribution in [0.25, 0.3) is 16.3 Å². The maximum Gasteiger partial charge on any atom is 0.330 e. The maximum atomic E-state index is 12.7. The van der Waals surface area contributed by atoms with E-state index >= 15 is 0 Å². The van der Waals surface area contributed by atoms with Crippen LogP contribution < -0.4 is 21.9 Å². The van der Waals surface area contributed by atoms with Crippen LogP contribution in [0.15, 0.2) is 70.3 Å². The summed E-state index contributed by atoms with van der Waals surface area (Å²) in [5.41, 5.74) is 6.37. The van der Waals surface area contributed by atoms with Crippen molar-refractivity contribution in [3.8, 4) is 0 Å². The van der Waals surface area contributed by atoms with Gasteiger partial charge in [-0.1, -0.05) is 42.5 Å². The molecule has 0 saturated carbocycles. The first-order chi connectivity index (χ1) is 14.9. The van der Waals surface area contributed by atoms with Crippen molar-refractivity contribution in [1.29, 1.82) is 0 Å². The number of aromatic nitrogens is 3. The molecule has 0 aliphatic heterocycles. The Kier molecular flexibility index (Phi) is 5.50. The Morgan fingerprint density at radius 2 is 1.87 bits per heavy atom. The van der Waals surface area contributed by atoms with Gasteiger partial charge in [-0.15, -0.1) is 11.3 Å². The minimum absolute atomic E-state index is 0.0816. The lowest BCUT2D eigenvalue weighted by Gasteiger charge is -2.19. The Morgan fingerprint density at radius 3 is 2.61 bits per heavy atom. The molecule has 2 aromatic carbocycles. The first-order valence-corrected chi connectivity index (χ1v) is 10.2. The largest absolute Gasteiger partial charge is 0.383 e. The molecule has 4 aromatic rings. The van der Waals surface area contributed by atoms with Gasteiger partial charge >= 0.3 is 5.69 Å². The van der Waals surface area contributed by atoms with Gasteiger partial charge in [0.05, 0.1) is 16.8 Å². The molecule has 2 aromatic heterocycles. The molecule has 156 valence electrons. The third-order valence-electron chi connectivity index (χ3n) is 4.74. The van der Waals surface area contributed by atoms with Crippen molar-refractivity contribution in [2.75, 3.05) is 17.7 Å². The number of likely N-dealkylation sites (N-methyl/N-ethyl adjacent to an activating group) is 1. The second kappa shape index (κ2) is 8.41. The first-order valence-electron chi connectivity index (χ1n) is 9.42. The van der Waals surface area contributed by atoms with Crippen LogP contribution >= 0.6 is 11.3 Å². The molecule has 0 aliphatic rings. The number of rotatable bonds is 5. The molecule has 0 unspecified atom stereocenters. The van der Waals surface area contributed by atoms with Gasteiger partial charge in [0.2, 0.25) is 0 Å². The van der Waals surface area contributed by atoms with Crippen LogP contribution in [-0.2, 0) is 11.3 Å². The van der Waals surface area contributed by atoms with Crippen molar-refractivity contribution in [3.63, 3.8) is 0 Å². The third kappa shape index (κ3) is 4.17. The number of amides is 1. The fraction of sp³-hybridized carbons (Fsp3) is 0.0909. The molecular formula is C22H19N5O3S. The summed E-state index contributed by atoms with van der Waals surface area (Å²) in [6.45, 7) is 0.166. The first kappa shape index (κ1) is 20.3. The Bertz CT molecular complexity index is 1370. The van der Waals surface area contributed by atoms with Gasteiger partial charge in [0.25, 0.3) is 11.5 Å². The third-order valence-corrected chi connectivity index (χ3v) is 5.74. The van der Waals surface area contributed by atoms with E-state index in [1.807, 2.05) is 54.6 Å². The predicted molar refractivity (Wildman–Crippen MR) is 123 cm³/mol. The van der Waals surface area contributed by atoms with Crippen LogP contribution in [-0.4, -0.2) is 27.5 Å². The van der Waals surface area contributed by atoms with E-state index in [-0.39, 0.29) is 18.1 Å². The van der Waals surface area contributed by atoms with Gasteiger partial charge < -0.3 is 10.6 Å². The lowest BCUT2D eigenvalue weighted by atomic mass is 10.2. The molecule has 4 rings (SSSR count). The van der Waals surface area contributed by atoms with Gasteiger partial charge in [0.1, 0.15) is 10.8 Å². The predicted octanol–water partition coefficient (Wildman–Crippen LogP) is 2.45. The number of hydrogen-bond donors (Lipinski definition) is 2. The Hall–Kier alpha value is -3.98. The topological polar surface area (TPSA) is 114 Å². The molecule has 0 spiro atoms. The molecule has 9 heteroatoms. The van der Waals surface area contributed by atoms with E-state index in [2.05, 4.69) is 9.97 Å².